The number of benzene rings is 1. The lowest BCUT2D eigenvalue weighted by Crippen LogP contribution is -2.42. The van der Waals surface area contributed by atoms with Crippen molar-refractivity contribution in [1.29, 1.82) is 0 Å². The standard InChI is InChI=1S/C14H22N2O2/c1-11-7-15-8-13(10-17)16(9-11)12-4-3-5-14(6-12)18-2/h3-6,11,13,15,17H,7-10H2,1-2H3. The number of hydrogen-bond donors (Lipinski definition) is 2. The van der Waals surface area contributed by atoms with Crippen LogP contribution >= 0.6 is 0 Å². The van der Waals surface area contributed by atoms with Crippen molar-refractivity contribution in [2.24, 2.45) is 5.92 Å². The maximum Gasteiger partial charge on any atom is 0.120 e. The predicted octanol–water partition coefficient (Wildman–Crippen LogP) is 1.10. The Morgan fingerprint density at radius 2 is 2.28 bits per heavy atom. The first-order valence-electron chi connectivity index (χ1n) is 6.47. The molecular formula is C14H22N2O2. The zero-order chi connectivity index (χ0) is 13.0. The fraction of sp³-hybridized carbons (Fsp3) is 0.571. The van der Waals surface area contributed by atoms with Gasteiger partial charge in [0.1, 0.15) is 5.75 Å². The predicted molar refractivity (Wildman–Crippen MR) is 73.2 cm³/mol. The Morgan fingerprint density at radius 1 is 1.44 bits per heavy atom. The van der Waals surface area contributed by atoms with E-state index in [0.29, 0.717) is 5.92 Å². The molecule has 18 heavy (non-hydrogen) atoms. The molecular weight excluding hydrogens is 228 g/mol. The fourth-order valence-corrected chi connectivity index (χ4v) is 2.42. The lowest BCUT2D eigenvalue weighted by molar-refractivity contribution is 0.259. The highest BCUT2D eigenvalue weighted by molar-refractivity contribution is 5.52. The molecule has 0 bridgehead atoms. The molecule has 2 unspecified atom stereocenters. The lowest BCUT2D eigenvalue weighted by atomic mass is 10.1. The van der Waals surface area contributed by atoms with E-state index in [9.17, 15) is 5.11 Å². The highest BCUT2D eigenvalue weighted by Crippen LogP contribution is 2.24. The van der Waals surface area contributed by atoms with Crippen molar-refractivity contribution < 1.29 is 9.84 Å². The maximum absolute atomic E-state index is 9.55. The smallest absolute Gasteiger partial charge is 0.120 e. The Balaban J connectivity index is 2.25. The van der Waals surface area contributed by atoms with E-state index < -0.39 is 0 Å². The Hall–Kier alpha value is -1.26. The number of aliphatic hydroxyl groups is 1. The van der Waals surface area contributed by atoms with Crippen LogP contribution in [0.5, 0.6) is 5.75 Å². The van der Waals surface area contributed by atoms with E-state index >= 15 is 0 Å². The molecule has 0 saturated carbocycles. The van der Waals surface area contributed by atoms with Crippen LogP contribution in [-0.4, -0.2) is 44.5 Å². The second-order valence-corrected chi connectivity index (χ2v) is 4.95. The first kappa shape index (κ1) is 13.2. The third-order valence-electron chi connectivity index (χ3n) is 3.42. The zero-order valence-corrected chi connectivity index (χ0v) is 11.1. The minimum absolute atomic E-state index is 0.127. The van der Waals surface area contributed by atoms with Crippen LogP contribution in [0.1, 0.15) is 6.92 Å². The summed E-state index contributed by atoms with van der Waals surface area (Å²) < 4.78 is 5.27. The minimum Gasteiger partial charge on any atom is -0.497 e. The van der Waals surface area contributed by atoms with Gasteiger partial charge in [0.2, 0.25) is 0 Å². The first-order chi connectivity index (χ1) is 8.74. The highest BCUT2D eigenvalue weighted by atomic mass is 16.5. The van der Waals surface area contributed by atoms with Crippen molar-refractivity contribution in [3.63, 3.8) is 0 Å². The van der Waals surface area contributed by atoms with Crippen LogP contribution in [0.3, 0.4) is 0 Å². The summed E-state index contributed by atoms with van der Waals surface area (Å²) >= 11 is 0. The van der Waals surface area contributed by atoms with Crippen molar-refractivity contribution in [3.05, 3.63) is 24.3 Å². The third kappa shape index (κ3) is 2.94. The zero-order valence-electron chi connectivity index (χ0n) is 11.1. The SMILES string of the molecule is COc1cccc(N2CC(C)CNCC2CO)c1. The number of nitrogens with one attached hydrogen (secondary N) is 1. The van der Waals surface area contributed by atoms with E-state index in [-0.39, 0.29) is 12.6 Å². The summed E-state index contributed by atoms with van der Waals surface area (Å²) in [6.45, 7) is 5.15. The summed E-state index contributed by atoms with van der Waals surface area (Å²) in [5, 5.41) is 12.9. The molecule has 1 aliphatic rings. The van der Waals surface area contributed by atoms with Crippen LogP contribution in [0.15, 0.2) is 24.3 Å². The van der Waals surface area contributed by atoms with Gasteiger partial charge in [-0.2, -0.15) is 0 Å². The van der Waals surface area contributed by atoms with Crippen molar-refractivity contribution in [2.75, 3.05) is 38.3 Å². The number of aliphatic hydroxyl groups excluding tert-OH is 1. The van der Waals surface area contributed by atoms with Gasteiger partial charge in [-0.1, -0.05) is 13.0 Å². The molecule has 0 aromatic heterocycles. The van der Waals surface area contributed by atoms with Gasteiger partial charge in [-0.05, 0) is 24.6 Å². The summed E-state index contributed by atoms with van der Waals surface area (Å²) in [6.07, 6.45) is 0. The summed E-state index contributed by atoms with van der Waals surface area (Å²) in [6, 6.07) is 8.16. The van der Waals surface area contributed by atoms with Gasteiger partial charge in [0.05, 0.1) is 19.8 Å². The van der Waals surface area contributed by atoms with Gasteiger partial charge in [0, 0.05) is 24.8 Å². The molecule has 1 saturated heterocycles. The number of rotatable bonds is 3. The van der Waals surface area contributed by atoms with Crippen molar-refractivity contribution in [2.45, 2.75) is 13.0 Å². The molecule has 0 radical (unpaired) electrons. The second kappa shape index (κ2) is 6.07. The van der Waals surface area contributed by atoms with Crippen molar-refractivity contribution in [3.8, 4) is 5.75 Å². The molecule has 1 heterocycles. The van der Waals surface area contributed by atoms with E-state index in [4.69, 9.17) is 4.74 Å². The lowest BCUT2D eigenvalue weighted by Gasteiger charge is -2.31. The number of methoxy groups -OCH3 is 1. The van der Waals surface area contributed by atoms with E-state index in [2.05, 4.69) is 23.2 Å². The Morgan fingerprint density at radius 3 is 3.00 bits per heavy atom. The van der Waals surface area contributed by atoms with Gasteiger partial charge in [0.25, 0.3) is 0 Å². The summed E-state index contributed by atoms with van der Waals surface area (Å²) in [7, 11) is 1.68. The Bertz CT molecular complexity index is 384. The van der Waals surface area contributed by atoms with Crippen LogP contribution in [0.4, 0.5) is 5.69 Å². The van der Waals surface area contributed by atoms with E-state index in [1.165, 1.54) is 0 Å². The maximum atomic E-state index is 9.55. The van der Waals surface area contributed by atoms with Gasteiger partial charge < -0.3 is 20.1 Å². The van der Waals surface area contributed by atoms with Crippen LogP contribution < -0.4 is 15.0 Å². The molecule has 2 rings (SSSR count). The van der Waals surface area contributed by atoms with Crippen molar-refractivity contribution >= 4 is 5.69 Å². The van der Waals surface area contributed by atoms with Gasteiger partial charge in [-0.3, -0.25) is 0 Å². The van der Waals surface area contributed by atoms with Gasteiger partial charge >= 0.3 is 0 Å². The highest BCUT2D eigenvalue weighted by Gasteiger charge is 2.23. The van der Waals surface area contributed by atoms with Crippen LogP contribution in [-0.2, 0) is 0 Å². The number of hydrogen-bond acceptors (Lipinski definition) is 4. The summed E-state index contributed by atoms with van der Waals surface area (Å²) in [5.74, 6) is 1.42. The largest absolute Gasteiger partial charge is 0.497 e. The minimum atomic E-state index is 0.127. The second-order valence-electron chi connectivity index (χ2n) is 4.95. The van der Waals surface area contributed by atoms with Crippen molar-refractivity contribution in [1.82, 2.24) is 5.32 Å². The van der Waals surface area contributed by atoms with Crippen LogP contribution in [0.25, 0.3) is 0 Å². The monoisotopic (exact) mass is 250 g/mol. The molecule has 4 nitrogen and oxygen atoms in total. The topological polar surface area (TPSA) is 44.7 Å². The molecule has 100 valence electrons. The van der Waals surface area contributed by atoms with Gasteiger partial charge in [-0.25, -0.2) is 0 Å². The molecule has 0 spiro atoms. The third-order valence-corrected chi connectivity index (χ3v) is 3.42. The Labute approximate surface area is 109 Å². The average molecular weight is 250 g/mol. The van der Waals surface area contributed by atoms with Crippen LogP contribution in [0, 0.1) is 5.92 Å². The molecule has 0 amide bonds. The fourth-order valence-electron chi connectivity index (χ4n) is 2.42. The number of nitrogens with zero attached hydrogens (tertiary/aromatic N) is 1. The molecule has 2 N–H and O–H groups in total. The average Bonchev–Trinajstić information content (AvgIpc) is 2.60. The number of anilines is 1. The summed E-state index contributed by atoms with van der Waals surface area (Å²) in [4.78, 5) is 2.27. The molecule has 2 atom stereocenters. The van der Waals surface area contributed by atoms with E-state index in [1.807, 2.05) is 18.2 Å². The van der Waals surface area contributed by atoms with Crippen LogP contribution in [0.2, 0.25) is 0 Å². The Kier molecular flexibility index (Phi) is 4.44. The molecule has 4 heteroatoms. The number of ether oxygens (including phenoxy) is 1. The first-order valence-corrected chi connectivity index (χ1v) is 6.47. The van der Waals surface area contributed by atoms with Gasteiger partial charge in [-0.15, -0.1) is 0 Å². The molecule has 1 aliphatic heterocycles. The quantitative estimate of drug-likeness (QED) is 0.843. The van der Waals surface area contributed by atoms with E-state index in [1.54, 1.807) is 7.11 Å². The molecule has 0 aliphatic carbocycles. The summed E-state index contributed by atoms with van der Waals surface area (Å²) in [5.41, 5.74) is 1.11. The molecule has 1 aromatic carbocycles. The molecule has 1 fully saturated rings. The molecule has 1 aromatic rings. The van der Waals surface area contributed by atoms with E-state index in [0.717, 1.165) is 31.1 Å². The van der Waals surface area contributed by atoms with Gasteiger partial charge in [0.15, 0.2) is 0 Å². The normalized spacial score (nSPS) is 24.7.